The number of carbonyl (C=O) groups excluding carboxylic acids is 1. The predicted octanol–water partition coefficient (Wildman–Crippen LogP) is 2.91. The zero-order valence-corrected chi connectivity index (χ0v) is 15.9. The molecule has 1 atom stereocenters. The van der Waals surface area contributed by atoms with Gasteiger partial charge in [-0.2, -0.15) is 0 Å². The number of hydrogen-bond donors (Lipinski definition) is 1. The zero-order valence-electron chi connectivity index (χ0n) is 15.9. The van der Waals surface area contributed by atoms with Crippen molar-refractivity contribution in [2.45, 2.75) is 25.6 Å². The lowest BCUT2D eigenvalue weighted by molar-refractivity contribution is 0.123. The van der Waals surface area contributed by atoms with E-state index in [1.165, 1.54) is 5.56 Å². The van der Waals surface area contributed by atoms with E-state index in [1.54, 1.807) is 16.8 Å². The highest BCUT2D eigenvalue weighted by Crippen LogP contribution is 2.25. The summed E-state index contributed by atoms with van der Waals surface area (Å²) in [5.74, 6) is 0. The number of carbonyl (C=O) groups is 1. The van der Waals surface area contributed by atoms with Crippen LogP contribution in [0.5, 0.6) is 0 Å². The van der Waals surface area contributed by atoms with E-state index in [9.17, 15) is 9.90 Å². The Kier molecular flexibility index (Phi) is 5.12. The molecule has 1 aliphatic heterocycles. The number of aromatic nitrogens is 2. The number of fused-ring (bicyclic) bond motifs is 1. The summed E-state index contributed by atoms with van der Waals surface area (Å²) in [5.41, 5.74) is 4.01. The molecule has 0 fully saturated rings. The van der Waals surface area contributed by atoms with Gasteiger partial charge in [-0.05, 0) is 17.7 Å². The zero-order chi connectivity index (χ0) is 19.5. The van der Waals surface area contributed by atoms with Gasteiger partial charge in [0.1, 0.15) is 0 Å². The number of para-hydroxylation sites is 1. The molecule has 0 radical (unpaired) electrons. The van der Waals surface area contributed by atoms with E-state index in [1.807, 2.05) is 54.9 Å². The minimum atomic E-state index is -0.266. The van der Waals surface area contributed by atoms with E-state index in [2.05, 4.69) is 21.7 Å². The molecule has 0 bridgehead atoms. The Morgan fingerprint density at radius 1 is 1.14 bits per heavy atom. The molecule has 0 aliphatic carbocycles. The number of nitrogens with zero attached hydrogens (tertiary/aromatic N) is 4. The quantitative estimate of drug-likeness (QED) is 0.762. The molecular formula is C22H24N4O2. The Hall–Kier alpha value is -3.12. The first-order valence-electron chi connectivity index (χ1n) is 9.44. The van der Waals surface area contributed by atoms with Gasteiger partial charge in [-0.3, -0.25) is 4.90 Å². The van der Waals surface area contributed by atoms with E-state index in [-0.39, 0.29) is 18.7 Å². The minimum absolute atomic E-state index is 0.0790. The Labute approximate surface area is 164 Å². The van der Waals surface area contributed by atoms with Crippen LogP contribution in [-0.4, -0.2) is 45.3 Å². The Bertz CT molecular complexity index is 940. The fourth-order valence-corrected chi connectivity index (χ4v) is 3.70. The Morgan fingerprint density at radius 3 is 2.50 bits per heavy atom. The van der Waals surface area contributed by atoms with Gasteiger partial charge in [0.2, 0.25) is 0 Å². The maximum atomic E-state index is 13.1. The van der Waals surface area contributed by atoms with Crippen molar-refractivity contribution in [2.75, 3.05) is 18.6 Å². The first-order valence-corrected chi connectivity index (χ1v) is 9.44. The topological polar surface area (TPSA) is 61.6 Å². The molecule has 144 valence electrons. The van der Waals surface area contributed by atoms with Crippen molar-refractivity contribution >= 4 is 11.7 Å². The molecule has 2 heterocycles. The largest absolute Gasteiger partial charge is 0.394 e. The van der Waals surface area contributed by atoms with Crippen LogP contribution >= 0.6 is 0 Å². The van der Waals surface area contributed by atoms with Gasteiger partial charge in [-0.15, -0.1) is 0 Å². The van der Waals surface area contributed by atoms with Crippen molar-refractivity contribution in [1.29, 1.82) is 0 Å². The van der Waals surface area contributed by atoms with Gasteiger partial charge < -0.3 is 14.6 Å². The van der Waals surface area contributed by atoms with Crippen LogP contribution in [0.25, 0.3) is 0 Å². The standard InChI is InChI=1S/C22H24N4O2/c1-24(18-10-6-3-7-11-18)22(28)26-14-20-21(12-19(26)15-27)25(16-23-20)13-17-8-4-2-5-9-17/h2-11,16,19,27H,12-15H2,1H3. The number of imidazole rings is 1. The second kappa shape index (κ2) is 7.86. The molecule has 0 saturated heterocycles. The van der Waals surface area contributed by atoms with Crippen LogP contribution in [0.1, 0.15) is 17.0 Å². The van der Waals surface area contributed by atoms with Gasteiger partial charge in [0.15, 0.2) is 0 Å². The molecule has 0 spiro atoms. The van der Waals surface area contributed by atoms with Crippen LogP contribution < -0.4 is 4.90 Å². The van der Waals surface area contributed by atoms with E-state index >= 15 is 0 Å². The molecule has 0 saturated carbocycles. The summed E-state index contributed by atoms with van der Waals surface area (Å²) in [7, 11) is 1.76. The average molecular weight is 376 g/mol. The van der Waals surface area contributed by atoms with Crippen molar-refractivity contribution in [1.82, 2.24) is 14.5 Å². The fourth-order valence-electron chi connectivity index (χ4n) is 3.70. The van der Waals surface area contributed by atoms with E-state index < -0.39 is 0 Å². The Balaban J connectivity index is 1.56. The summed E-state index contributed by atoms with van der Waals surface area (Å²) in [4.78, 5) is 21.0. The van der Waals surface area contributed by atoms with Gasteiger partial charge in [0.05, 0.1) is 31.2 Å². The van der Waals surface area contributed by atoms with Gasteiger partial charge in [0.25, 0.3) is 0 Å². The maximum Gasteiger partial charge on any atom is 0.324 e. The predicted molar refractivity (Wildman–Crippen MR) is 108 cm³/mol. The van der Waals surface area contributed by atoms with Crippen molar-refractivity contribution in [3.8, 4) is 0 Å². The van der Waals surface area contributed by atoms with Gasteiger partial charge >= 0.3 is 6.03 Å². The first-order chi connectivity index (χ1) is 13.7. The lowest BCUT2D eigenvalue weighted by atomic mass is 10.0. The fraction of sp³-hybridized carbons (Fsp3) is 0.273. The van der Waals surface area contributed by atoms with Crippen LogP contribution in [0.2, 0.25) is 0 Å². The lowest BCUT2D eigenvalue weighted by Gasteiger charge is -2.37. The second-order valence-corrected chi connectivity index (χ2v) is 7.10. The number of urea groups is 1. The number of benzene rings is 2. The minimum Gasteiger partial charge on any atom is -0.394 e. The maximum absolute atomic E-state index is 13.1. The molecule has 1 unspecified atom stereocenters. The van der Waals surface area contributed by atoms with Gasteiger partial charge in [-0.1, -0.05) is 48.5 Å². The van der Waals surface area contributed by atoms with Gasteiger partial charge in [-0.25, -0.2) is 9.78 Å². The molecule has 1 aromatic heterocycles. The third-order valence-electron chi connectivity index (χ3n) is 5.31. The molecular weight excluding hydrogens is 352 g/mol. The molecule has 2 aromatic carbocycles. The highest BCUT2D eigenvalue weighted by atomic mass is 16.3. The molecule has 6 heteroatoms. The smallest absolute Gasteiger partial charge is 0.324 e. The lowest BCUT2D eigenvalue weighted by Crippen LogP contribution is -2.51. The molecule has 1 aliphatic rings. The SMILES string of the molecule is CN(C(=O)N1Cc2ncn(Cc3ccccc3)c2CC1CO)c1ccccc1. The summed E-state index contributed by atoms with van der Waals surface area (Å²) < 4.78 is 2.12. The number of hydrogen-bond acceptors (Lipinski definition) is 3. The summed E-state index contributed by atoms with van der Waals surface area (Å²) >= 11 is 0. The van der Waals surface area contributed by atoms with Crippen molar-refractivity contribution in [3.05, 3.63) is 83.9 Å². The second-order valence-electron chi connectivity index (χ2n) is 7.10. The number of aliphatic hydroxyl groups excluding tert-OH is 1. The number of rotatable bonds is 4. The van der Waals surface area contributed by atoms with Crippen LogP contribution in [0.15, 0.2) is 67.0 Å². The molecule has 3 aromatic rings. The molecule has 4 rings (SSSR count). The summed E-state index contributed by atoms with van der Waals surface area (Å²) in [6.07, 6.45) is 2.42. The molecule has 2 amide bonds. The third-order valence-corrected chi connectivity index (χ3v) is 5.31. The van der Waals surface area contributed by atoms with Crippen LogP contribution in [0.4, 0.5) is 10.5 Å². The highest BCUT2D eigenvalue weighted by molar-refractivity contribution is 5.91. The van der Waals surface area contributed by atoms with Crippen LogP contribution in [0, 0.1) is 0 Å². The third kappa shape index (κ3) is 3.51. The van der Waals surface area contributed by atoms with E-state index in [4.69, 9.17) is 0 Å². The van der Waals surface area contributed by atoms with Gasteiger partial charge in [0, 0.05) is 31.4 Å². The number of anilines is 1. The van der Waals surface area contributed by atoms with E-state index in [0.29, 0.717) is 13.0 Å². The van der Waals surface area contributed by atoms with E-state index in [0.717, 1.165) is 23.6 Å². The Morgan fingerprint density at radius 2 is 1.82 bits per heavy atom. The van der Waals surface area contributed by atoms with Crippen molar-refractivity contribution in [2.24, 2.45) is 0 Å². The normalized spacial score (nSPS) is 15.9. The number of aliphatic hydroxyl groups is 1. The monoisotopic (exact) mass is 376 g/mol. The molecule has 1 N–H and O–H groups in total. The van der Waals surface area contributed by atoms with Crippen molar-refractivity contribution in [3.63, 3.8) is 0 Å². The van der Waals surface area contributed by atoms with Crippen LogP contribution in [0.3, 0.4) is 0 Å². The highest BCUT2D eigenvalue weighted by Gasteiger charge is 2.33. The first kappa shape index (κ1) is 18.3. The average Bonchev–Trinajstić information content (AvgIpc) is 3.14. The van der Waals surface area contributed by atoms with Crippen molar-refractivity contribution < 1.29 is 9.90 Å². The number of amides is 2. The molecule has 6 nitrogen and oxygen atoms in total. The summed E-state index contributed by atoms with van der Waals surface area (Å²) in [6, 6.07) is 19.4. The van der Waals surface area contributed by atoms with Crippen LogP contribution in [-0.2, 0) is 19.5 Å². The molecule has 28 heavy (non-hydrogen) atoms. The summed E-state index contributed by atoms with van der Waals surface area (Å²) in [5, 5.41) is 9.96. The summed E-state index contributed by atoms with van der Waals surface area (Å²) in [6.45, 7) is 1.06.